The summed E-state index contributed by atoms with van der Waals surface area (Å²) in [6, 6.07) is 3.83. The molecule has 0 saturated carbocycles. The first kappa shape index (κ1) is 12.5. The van der Waals surface area contributed by atoms with Gasteiger partial charge in [0.2, 0.25) is 0 Å². The molecule has 1 aromatic rings. The smallest absolute Gasteiger partial charge is 0.380 e. The molecule has 94 valence electrons. The third kappa shape index (κ3) is 3.04. The standard InChI is InChI=1S/C11H12ClF3N2/c12-7-1-2-10(9(5-7)11(13,14)15)17-8-3-4-16-6-8/h1-2,5,8,16-17H,3-4,6H2. The minimum Gasteiger partial charge on any atom is -0.380 e. The number of nitrogens with one attached hydrogen (secondary N) is 2. The summed E-state index contributed by atoms with van der Waals surface area (Å²) in [7, 11) is 0. The van der Waals surface area contributed by atoms with E-state index in [1.165, 1.54) is 12.1 Å². The first-order valence-corrected chi connectivity index (χ1v) is 5.68. The molecule has 1 aromatic carbocycles. The number of benzene rings is 1. The fourth-order valence-corrected chi connectivity index (χ4v) is 2.05. The molecule has 1 aliphatic heterocycles. The third-order valence-corrected chi connectivity index (χ3v) is 2.94. The summed E-state index contributed by atoms with van der Waals surface area (Å²) < 4.78 is 38.4. The molecule has 17 heavy (non-hydrogen) atoms. The Morgan fingerprint density at radius 3 is 2.71 bits per heavy atom. The van der Waals surface area contributed by atoms with Crippen LogP contribution in [0.5, 0.6) is 0 Å². The summed E-state index contributed by atoms with van der Waals surface area (Å²) in [5.41, 5.74) is -0.618. The first-order chi connectivity index (χ1) is 7.97. The minimum absolute atomic E-state index is 0.0391. The van der Waals surface area contributed by atoms with E-state index < -0.39 is 11.7 Å². The number of alkyl halides is 3. The molecule has 1 saturated heterocycles. The molecule has 2 nitrogen and oxygen atoms in total. The van der Waals surface area contributed by atoms with Crippen LogP contribution in [0.25, 0.3) is 0 Å². The van der Waals surface area contributed by atoms with Crippen molar-refractivity contribution in [2.24, 2.45) is 0 Å². The summed E-state index contributed by atoms with van der Waals surface area (Å²) in [4.78, 5) is 0. The Balaban J connectivity index is 2.25. The van der Waals surface area contributed by atoms with Crippen LogP contribution in [0.15, 0.2) is 18.2 Å². The van der Waals surface area contributed by atoms with Crippen LogP contribution >= 0.6 is 11.6 Å². The van der Waals surface area contributed by atoms with Crippen LogP contribution in [0.2, 0.25) is 5.02 Å². The van der Waals surface area contributed by atoms with Crippen molar-refractivity contribution in [2.75, 3.05) is 18.4 Å². The predicted octanol–water partition coefficient (Wildman–Crippen LogP) is 3.13. The van der Waals surface area contributed by atoms with Crippen LogP contribution in [0.3, 0.4) is 0 Å². The van der Waals surface area contributed by atoms with Gasteiger partial charge in [-0.25, -0.2) is 0 Å². The van der Waals surface area contributed by atoms with E-state index >= 15 is 0 Å². The van der Waals surface area contributed by atoms with Crippen LogP contribution in [-0.4, -0.2) is 19.1 Å². The summed E-state index contributed by atoms with van der Waals surface area (Å²) in [5, 5.41) is 6.08. The highest BCUT2D eigenvalue weighted by Crippen LogP contribution is 2.36. The SMILES string of the molecule is FC(F)(F)c1cc(Cl)ccc1NC1CCNC1. The number of hydrogen-bond donors (Lipinski definition) is 2. The molecule has 1 unspecified atom stereocenters. The average molecular weight is 265 g/mol. The monoisotopic (exact) mass is 264 g/mol. The van der Waals surface area contributed by atoms with Crippen LogP contribution in [0, 0.1) is 0 Å². The van der Waals surface area contributed by atoms with E-state index in [0.29, 0.717) is 6.54 Å². The van der Waals surface area contributed by atoms with Crippen molar-refractivity contribution in [3.05, 3.63) is 28.8 Å². The summed E-state index contributed by atoms with van der Waals surface area (Å²) >= 11 is 5.60. The maximum absolute atomic E-state index is 12.8. The van der Waals surface area contributed by atoms with Gasteiger partial charge in [-0.2, -0.15) is 13.2 Å². The van der Waals surface area contributed by atoms with Crippen LogP contribution in [-0.2, 0) is 6.18 Å². The zero-order valence-corrected chi connectivity index (χ0v) is 9.70. The second-order valence-corrected chi connectivity index (χ2v) is 4.46. The lowest BCUT2D eigenvalue weighted by atomic mass is 10.1. The molecule has 0 aromatic heterocycles. The lowest BCUT2D eigenvalue weighted by Gasteiger charge is -2.18. The van der Waals surface area contributed by atoms with Gasteiger partial charge in [-0.05, 0) is 31.2 Å². The fourth-order valence-electron chi connectivity index (χ4n) is 1.87. The molecule has 1 aliphatic rings. The van der Waals surface area contributed by atoms with Crippen molar-refractivity contribution in [3.8, 4) is 0 Å². The van der Waals surface area contributed by atoms with Crippen LogP contribution in [0.1, 0.15) is 12.0 Å². The molecule has 2 rings (SSSR count). The van der Waals surface area contributed by atoms with Crippen molar-refractivity contribution in [1.82, 2.24) is 5.32 Å². The first-order valence-electron chi connectivity index (χ1n) is 5.31. The Labute approximate surface area is 102 Å². The van der Waals surface area contributed by atoms with Gasteiger partial charge in [0.15, 0.2) is 0 Å². The highest BCUT2D eigenvalue weighted by atomic mass is 35.5. The zero-order valence-electron chi connectivity index (χ0n) is 8.94. The molecule has 0 radical (unpaired) electrons. The molecule has 6 heteroatoms. The predicted molar refractivity (Wildman–Crippen MR) is 61.4 cm³/mol. The van der Waals surface area contributed by atoms with Gasteiger partial charge in [-0.15, -0.1) is 0 Å². The maximum Gasteiger partial charge on any atom is 0.418 e. The summed E-state index contributed by atoms with van der Waals surface area (Å²) in [5.74, 6) is 0. The van der Waals surface area contributed by atoms with E-state index in [9.17, 15) is 13.2 Å². The van der Waals surface area contributed by atoms with Crippen molar-refractivity contribution in [2.45, 2.75) is 18.6 Å². The molecule has 1 atom stereocenters. The number of rotatable bonds is 2. The molecule has 0 spiro atoms. The molecular weight excluding hydrogens is 253 g/mol. The minimum atomic E-state index is -4.39. The molecule has 0 amide bonds. The Hall–Kier alpha value is -0.940. The topological polar surface area (TPSA) is 24.1 Å². The Bertz CT molecular complexity index is 400. The van der Waals surface area contributed by atoms with Crippen molar-refractivity contribution in [3.63, 3.8) is 0 Å². The maximum atomic E-state index is 12.8. The zero-order chi connectivity index (χ0) is 12.5. The van der Waals surface area contributed by atoms with Gasteiger partial charge in [0.25, 0.3) is 0 Å². The molecule has 1 heterocycles. The van der Waals surface area contributed by atoms with Gasteiger partial charge >= 0.3 is 6.18 Å². The van der Waals surface area contributed by atoms with Crippen LogP contribution in [0.4, 0.5) is 18.9 Å². The average Bonchev–Trinajstić information content (AvgIpc) is 2.72. The van der Waals surface area contributed by atoms with Crippen molar-refractivity contribution in [1.29, 1.82) is 0 Å². The second kappa shape index (κ2) is 4.74. The van der Waals surface area contributed by atoms with Gasteiger partial charge in [0.05, 0.1) is 5.56 Å². The van der Waals surface area contributed by atoms with Gasteiger partial charge in [-0.1, -0.05) is 11.6 Å². The lowest BCUT2D eigenvalue weighted by molar-refractivity contribution is -0.137. The fraction of sp³-hybridized carbons (Fsp3) is 0.455. The van der Waals surface area contributed by atoms with Crippen molar-refractivity contribution < 1.29 is 13.2 Å². The quantitative estimate of drug-likeness (QED) is 0.858. The van der Waals surface area contributed by atoms with Crippen molar-refractivity contribution >= 4 is 17.3 Å². The Morgan fingerprint density at radius 2 is 2.12 bits per heavy atom. The summed E-state index contributed by atoms with van der Waals surface area (Å²) in [6.07, 6.45) is -3.57. The van der Waals surface area contributed by atoms with E-state index in [1.807, 2.05) is 0 Å². The molecular formula is C11H12ClF3N2. The van der Waals surface area contributed by atoms with Gasteiger partial charge in [0.1, 0.15) is 0 Å². The molecule has 0 aliphatic carbocycles. The Kier molecular flexibility index (Phi) is 3.49. The van der Waals surface area contributed by atoms with Gasteiger partial charge < -0.3 is 10.6 Å². The van der Waals surface area contributed by atoms with E-state index in [1.54, 1.807) is 0 Å². The molecule has 0 bridgehead atoms. The number of halogens is 4. The van der Waals surface area contributed by atoms with Crippen LogP contribution < -0.4 is 10.6 Å². The van der Waals surface area contributed by atoms with Gasteiger partial charge in [0, 0.05) is 23.3 Å². The van der Waals surface area contributed by atoms with Gasteiger partial charge in [-0.3, -0.25) is 0 Å². The Morgan fingerprint density at radius 1 is 1.35 bits per heavy atom. The number of hydrogen-bond acceptors (Lipinski definition) is 2. The third-order valence-electron chi connectivity index (χ3n) is 2.71. The normalized spacial score (nSPS) is 20.6. The highest BCUT2D eigenvalue weighted by Gasteiger charge is 2.34. The van der Waals surface area contributed by atoms with E-state index in [4.69, 9.17) is 11.6 Å². The molecule has 1 fully saturated rings. The summed E-state index contributed by atoms with van der Waals surface area (Å²) in [6.45, 7) is 1.51. The second-order valence-electron chi connectivity index (χ2n) is 4.02. The molecule has 2 N–H and O–H groups in total. The van der Waals surface area contributed by atoms with E-state index in [0.717, 1.165) is 19.0 Å². The van der Waals surface area contributed by atoms with E-state index in [-0.39, 0.29) is 16.8 Å². The highest BCUT2D eigenvalue weighted by molar-refractivity contribution is 6.30. The van der Waals surface area contributed by atoms with E-state index in [2.05, 4.69) is 10.6 Å². The largest absolute Gasteiger partial charge is 0.418 e. The number of anilines is 1. The lowest BCUT2D eigenvalue weighted by Crippen LogP contribution is -2.24.